The molecule has 2 aromatic carbocycles. The van der Waals surface area contributed by atoms with E-state index >= 15 is 0 Å². The highest BCUT2D eigenvalue weighted by Crippen LogP contribution is 2.49. The number of aryl methyl sites for hydroxylation is 1. The molecule has 1 heterocycles. The maximum Gasteiger partial charge on any atom is 0.436 e. The van der Waals surface area contributed by atoms with E-state index in [0.29, 0.717) is 5.56 Å². The van der Waals surface area contributed by atoms with Gasteiger partial charge in [0.1, 0.15) is 0 Å². The number of alkyl halides is 3. The van der Waals surface area contributed by atoms with Gasteiger partial charge in [0, 0.05) is 11.1 Å². The van der Waals surface area contributed by atoms with Gasteiger partial charge in [-0.2, -0.15) is 13.2 Å². The first-order valence-corrected chi connectivity index (χ1v) is 7.21. The molecule has 3 rings (SSSR count). The van der Waals surface area contributed by atoms with Crippen LogP contribution in [0.3, 0.4) is 0 Å². The number of hydrogen-bond donors (Lipinski definition) is 1. The van der Waals surface area contributed by atoms with Crippen LogP contribution in [0, 0.1) is 6.92 Å². The molecule has 3 nitrogen and oxygen atoms in total. The zero-order chi connectivity index (χ0) is 17.4. The summed E-state index contributed by atoms with van der Waals surface area (Å²) in [6.45, 7) is 1.78. The Hall–Kier alpha value is -2.76. The van der Waals surface area contributed by atoms with Gasteiger partial charge >= 0.3 is 6.18 Å². The highest BCUT2D eigenvalue weighted by atomic mass is 19.4. The van der Waals surface area contributed by atoms with Crippen LogP contribution in [0.5, 0.6) is 0 Å². The lowest BCUT2D eigenvalue weighted by atomic mass is 9.90. The van der Waals surface area contributed by atoms with Crippen molar-refractivity contribution in [1.82, 2.24) is 0 Å². The highest BCUT2D eigenvalue weighted by Gasteiger charge is 2.61. The largest absolute Gasteiger partial charge is 0.449 e. The van der Waals surface area contributed by atoms with Gasteiger partial charge < -0.3 is 9.94 Å². The topological polar surface area (TPSA) is 41.8 Å². The van der Waals surface area contributed by atoms with E-state index < -0.39 is 17.7 Å². The van der Waals surface area contributed by atoms with Crippen LogP contribution < -0.4 is 0 Å². The monoisotopic (exact) mass is 333 g/mol. The van der Waals surface area contributed by atoms with Crippen LogP contribution in [0.4, 0.5) is 13.2 Å². The fraction of sp³-hybridized carbons (Fsp3) is 0.167. The minimum Gasteiger partial charge on any atom is -0.449 e. The summed E-state index contributed by atoms with van der Waals surface area (Å²) < 4.78 is 46.8. The minimum absolute atomic E-state index is 0.0762. The van der Waals surface area contributed by atoms with Crippen molar-refractivity contribution in [2.24, 2.45) is 5.16 Å². The van der Waals surface area contributed by atoms with Crippen LogP contribution in [0.15, 0.2) is 65.8 Å². The lowest BCUT2D eigenvalue weighted by Crippen LogP contribution is -2.41. The number of hydrogen-bond acceptors (Lipinski definition) is 3. The Balaban J connectivity index is 2.21. The first-order chi connectivity index (χ1) is 11.4. The molecule has 2 aromatic rings. The predicted octanol–water partition coefficient (Wildman–Crippen LogP) is 4.65. The summed E-state index contributed by atoms with van der Waals surface area (Å²) in [5.41, 5.74) is -1.36. The van der Waals surface area contributed by atoms with Gasteiger partial charge in [-0.05, 0) is 23.7 Å². The molecule has 24 heavy (non-hydrogen) atoms. The van der Waals surface area contributed by atoms with E-state index in [2.05, 4.69) is 5.16 Å². The summed E-state index contributed by atoms with van der Waals surface area (Å²) in [7, 11) is 0. The van der Waals surface area contributed by atoms with Gasteiger partial charge in [0.15, 0.2) is 0 Å². The first-order valence-electron chi connectivity index (χ1n) is 7.21. The molecule has 0 unspecified atom stereocenters. The summed E-state index contributed by atoms with van der Waals surface area (Å²) >= 11 is 0. The molecule has 0 spiro atoms. The van der Waals surface area contributed by atoms with E-state index in [1.54, 1.807) is 49.4 Å². The molecule has 1 atom stereocenters. The summed E-state index contributed by atoms with van der Waals surface area (Å²) in [5, 5.41) is 12.1. The lowest BCUT2D eigenvalue weighted by Gasteiger charge is -2.29. The molecular formula is C18H14F3NO2. The fourth-order valence-electron chi connectivity index (χ4n) is 2.65. The molecule has 0 saturated heterocycles. The fourth-order valence-corrected chi connectivity index (χ4v) is 2.65. The molecule has 1 aliphatic heterocycles. The highest BCUT2D eigenvalue weighted by molar-refractivity contribution is 6.21. The molecule has 124 valence electrons. The molecular weight excluding hydrogens is 319 g/mol. The Morgan fingerprint density at radius 3 is 2.17 bits per heavy atom. The Morgan fingerprint density at radius 2 is 1.62 bits per heavy atom. The number of rotatable bonds is 2. The van der Waals surface area contributed by atoms with E-state index in [0.717, 1.165) is 11.6 Å². The van der Waals surface area contributed by atoms with E-state index in [1.165, 1.54) is 12.1 Å². The molecule has 0 radical (unpaired) electrons. The van der Waals surface area contributed by atoms with Crippen LogP contribution in [0.2, 0.25) is 0 Å². The zero-order valence-electron chi connectivity index (χ0n) is 12.7. The van der Waals surface area contributed by atoms with E-state index in [1.807, 2.05) is 0 Å². The van der Waals surface area contributed by atoms with Crippen LogP contribution in [-0.2, 0) is 10.3 Å². The molecule has 0 saturated carbocycles. The SMILES string of the molecule is Cc1ccc([C@]2(C(F)(F)F)C=C(c3ccccc3)/C(=N/O)O2)cc1. The summed E-state index contributed by atoms with van der Waals surface area (Å²) in [6.07, 6.45) is -3.77. The third kappa shape index (κ3) is 2.54. The van der Waals surface area contributed by atoms with Gasteiger partial charge in [0.05, 0.1) is 0 Å². The van der Waals surface area contributed by atoms with Gasteiger partial charge in [0.25, 0.3) is 5.90 Å². The summed E-state index contributed by atoms with van der Waals surface area (Å²) in [5.74, 6) is -0.459. The zero-order valence-corrected chi connectivity index (χ0v) is 12.7. The maximum absolute atomic E-state index is 13.9. The van der Waals surface area contributed by atoms with Crippen LogP contribution >= 0.6 is 0 Å². The molecule has 1 aliphatic rings. The second-order valence-electron chi connectivity index (χ2n) is 5.53. The second kappa shape index (κ2) is 5.70. The molecule has 0 bridgehead atoms. The van der Waals surface area contributed by atoms with Gasteiger partial charge in [-0.1, -0.05) is 60.2 Å². The number of halogens is 3. The van der Waals surface area contributed by atoms with E-state index in [9.17, 15) is 13.2 Å². The molecule has 0 aromatic heterocycles. The van der Waals surface area contributed by atoms with Crippen molar-refractivity contribution in [1.29, 1.82) is 0 Å². The smallest absolute Gasteiger partial charge is 0.436 e. The third-order valence-electron chi connectivity index (χ3n) is 3.91. The predicted molar refractivity (Wildman–Crippen MR) is 83.6 cm³/mol. The van der Waals surface area contributed by atoms with Crippen molar-refractivity contribution in [2.45, 2.75) is 18.7 Å². The van der Waals surface area contributed by atoms with Gasteiger partial charge in [-0.15, -0.1) is 0 Å². The first kappa shape index (κ1) is 16.1. The van der Waals surface area contributed by atoms with E-state index in [4.69, 9.17) is 9.94 Å². The van der Waals surface area contributed by atoms with E-state index in [-0.39, 0.29) is 11.1 Å². The summed E-state index contributed by atoms with van der Waals surface area (Å²) in [4.78, 5) is 0. The number of ether oxygens (including phenoxy) is 1. The Morgan fingerprint density at radius 1 is 1.00 bits per heavy atom. The van der Waals surface area contributed by atoms with Crippen molar-refractivity contribution in [3.05, 3.63) is 77.4 Å². The van der Waals surface area contributed by atoms with Crippen molar-refractivity contribution in [3.8, 4) is 0 Å². The van der Waals surface area contributed by atoms with Crippen molar-refractivity contribution in [2.75, 3.05) is 0 Å². The van der Waals surface area contributed by atoms with Crippen LogP contribution in [0.1, 0.15) is 16.7 Å². The van der Waals surface area contributed by atoms with Crippen molar-refractivity contribution in [3.63, 3.8) is 0 Å². The minimum atomic E-state index is -4.73. The number of oxime groups is 1. The average molecular weight is 333 g/mol. The normalized spacial score (nSPS) is 22.3. The van der Waals surface area contributed by atoms with Crippen molar-refractivity contribution >= 4 is 11.5 Å². The van der Waals surface area contributed by atoms with Gasteiger partial charge in [-0.25, -0.2) is 0 Å². The number of benzene rings is 2. The van der Waals surface area contributed by atoms with Gasteiger partial charge in [-0.3, -0.25) is 0 Å². The third-order valence-corrected chi connectivity index (χ3v) is 3.91. The molecule has 0 aliphatic carbocycles. The summed E-state index contributed by atoms with van der Waals surface area (Å²) in [6, 6.07) is 14.3. The second-order valence-corrected chi connectivity index (χ2v) is 5.53. The molecule has 6 heteroatoms. The number of nitrogens with zero attached hydrogens (tertiary/aromatic N) is 1. The maximum atomic E-state index is 13.9. The van der Waals surface area contributed by atoms with Crippen LogP contribution in [-0.4, -0.2) is 17.3 Å². The average Bonchev–Trinajstić information content (AvgIpc) is 2.97. The Bertz CT molecular complexity index is 795. The molecule has 1 N–H and O–H groups in total. The lowest BCUT2D eigenvalue weighted by molar-refractivity contribution is -0.236. The Kier molecular flexibility index (Phi) is 3.83. The van der Waals surface area contributed by atoms with Gasteiger partial charge in [0.2, 0.25) is 5.60 Å². The quantitative estimate of drug-likeness (QED) is 0.642. The molecule has 0 fully saturated rings. The van der Waals surface area contributed by atoms with Crippen LogP contribution in [0.25, 0.3) is 5.57 Å². The standard InChI is InChI=1S/C18H14F3NO2/c1-12-7-9-14(10-8-12)17(18(19,20)21)11-15(16(22-23)24-17)13-5-3-2-4-6-13/h2-11,23H,1H3/b22-16-/t17-/m0/s1. The molecule has 0 amide bonds. The van der Waals surface area contributed by atoms with Crippen molar-refractivity contribution < 1.29 is 23.1 Å². The Labute approximate surface area is 136 Å².